The van der Waals surface area contributed by atoms with Gasteiger partial charge in [0, 0.05) is 52.5 Å². The first-order chi connectivity index (χ1) is 21.0. The van der Waals surface area contributed by atoms with E-state index in [-0.39, 0.29) is 24.0 Å². The number of aromatic amines is 2. The Morgan fingerprint density at radius 1 is 0.977 bits per heavy atom. The molecular weight excluding hydrogens is 579 g/mol. The number of aromatic nitrogens is 5. The number of nitrogens with one attached hydrogen (secondary N) is 3. The molecule has 224 valence electrons. The van der Waals surface area contributed by atoms with Crippen molar-refractivity contribution in [1.82, 2.24) is 25.1 Å². The highest BCUT2D eigenvalue weighted by molar-refractivity contribution is 7.90. The van der Waals surface area contributed by atoms with Gasteiger partial charge in [-0.15, -0.1) is 0 Å². The number of carbonyl (C=O) groups excluding carboxylic acids is 1. The molecule has 0 atom stereocenters. The lowest BCUT2D eigenvalue weighted by Gasteiger charge is -2.08. The van der Waals surface area contributed by atoms with E-state index in [9.17, 15) is 17.6 Å². The van der Waals surface area contributed by atoms with Gasteiger partial charge in [0.15, 0.2) is 5.65 Å². The van der Waals surface area contributed by atoms with Crippen LogP contribution in [0.4, 0.5) is 10.1 Å². The number of hydrogen-bond donors (Lipinski definition) is 3. The number of aryl methyl sites for hydroxylation is 1. The topological polar surface area (TPSA) is 133 Å². The highest BCUT2D eigenvalue weighted by Gasteiger charge is 2.16. The van der Waals surface area contributed by atoms with E-state index in [1.807, 2.05) is 56.3 Å². The Bertz CT molecular complexity index is 2130. The molecule has 0 spiro atoms. The van der Waals surface area contributed by atoms with E-state index in [0.29, 0.717) is 28.9 Å². The number of anilines is 1. The summed E-state index contributed by atoms with van der Waals surface area (Å²) in [4.78, 5) is 24.6. The third-order valence-corrected chi connectivity index (χ3v) is 8.27. The molecule has 4 heterocycles. The predicted octanol–water partition coefficient (Wildman–Crippen LogP) is 6.55. The number of fused-ring (bicyclic) bond motifs is 2. The molecule has 44 heavy (non-hydrogen) atoms. The van der Waals surface area contributed by atoms with Gasteiger partial charge in [-0.25, -0.2) is 17.8 Å². The molecule has 0 bridgehead atoms. The molecule has 0 saturated heterocycles. The van der Waals surface area contributed by atoms with E-state index in [0.717, 1.165) is 44.4 Å². The molecule has 9 nitrogen and oxygen atoms in total. The van der Waals surface area contributed by atoms with Crippen LogP contribution < -0.4 is 5.32 Å². The summed E-state index contributed by atoms with van der Waals surface area (Å²) in [6, 6.07) is 16.3. The minimum Gasteiger partial charge on any atom is -0.353 e. The monoisotopic (exact) mass is 610 g/mol. The van der Waals surface area contributed by atoms with Crippen LogP contribution in [0.3, 0.4) is 0 Å². The maximum absolute atomic E-state index is 14.6. The van der Waals surface area contributed by atoms with Gasteiger partial charge in [-0.05, 0) is 65.4 Å². The molecule has 1 amide bonds. The second kappa shape index (κ2) is 11.6. The molecule has 0 fully saturated rings. The molecule has 0 unspecified atom stereocenters. The maximum atomic E-state index is 14.6. The van der Waals surface area contributed by atoms with Gasteiger partial charge in [-0.1, -0.05) is 32.0 Å². The summed E-state index contributed by atoms with van der Waals surface area (Å²) >= 11 is 0. The average Bonchev–Trinajstić information content (AvgIpc) is 3.59. The first kappa shape index (κ1) is 29.2. The van der Waals surface area contributed by atoms with Crippen LogP contribution in [0.1, 0.15) is 25.8 Å². The number of pyridine rings is 2. The first-order valence-corrected chi connectivity index (χ1v) is 16.3. The Hall–Kier alpha value is -4.90. The van der Waals surface area contributed by atoms with Crippen LogP contribution in [0.5, 0.6) is 0 Å². The van der Waals surface area contributed by atoms with Gasteiger partial charge < -0.3 is 10.3 Å². The fourth-order valence-corrected chi connectivity index (χ4v) is 5.91. The SMILES string of the molecule is CC(C)CC(=O)Nc1cncc(-c2cnc3n[nH]c(-c4cc5c(-c6cc(F)cc(CCS(C)(=O)=O)c6)cccc5[nH]4)c3c2)c1. The van der Waals surface area contributed by atoms with Crippen LogP contribution >= 0.6 is 0 Å². The lowest BCUT2D eigenvalue weighted by Crippen LogP contribution is -2.13. The van der Waals surface area contributed by atoms with Crippen molar-refractivity contribution in [2.75, 3.05) is 17.3 Å². The van der Waals surface area contributed by atoms with E-state index in [4.69, 9.17) is 0 Å². The molecule has 2 aromatic carbocycles. The molecule has 3 N–H and O–H groups in total. The van der Waals surface area contributed by atoms with Crippen LogP contribution in [-0.4, -0.2) is 51.5 Å². The number of rotatable bonds is 9. The van der Waals surface area contributed by atoms with Crippen molar-refractivity contribution in [3.8, 4) is 33.6 Å². The van der Waals surface area contributed by atoms with Crippen LogP contribution in [0.2, 0.25) is 0 Å². The first-order valence-electron chi connectivity index (χ1n) is 14.2. The van der Waals surface area contributed by atoms with Crippen LogP contribution in [-0.2, 0) is 21.1 Å². The summed E-state index contributed by atoms with van der Waals surface area (Å²) in [6.45, 7) is 3.99. The van der Waals surface area contributed by atoms with Crippen LogP contribution in [0, 0.1) is 11.7 Å². The maximum Gasteiger partial charge on any atom is 0.224 e. The van der Waals surface area contributed by atoms with Gasteiger partial charge in [0.1, 0.15) is 15.7 Å². The van der Waals surface area contributed by atoms with E-state index in [1.165, 1.54) is 18.4 Å². The lowest BCUT2D eigenvalue weighted by molar-refractivity contribution is -0.116. The van der Waals surface area contributed by atoms with Crippen molar-refractivity contribution < 1.29 is 17.6 Å². The van der Waals surface area contributed by atoms with E-state index in [1.54, 1.807) is 18.6 Å². The van der Waals surface area contributed by atoms with Crippen molar-refractivity contribution >= 4 is 43.4 Å². The average molecular weight is 611 g/mol. The number of H-pyrrole nitrogens is 2. The highest BCUT2D eigenvalue weighted by Crippen LogP contribution is 2.35. The predicted molar refractivity (Wildman–Crippen MR) is 171 cm³/mol. The van der Waals surface area contributed by atoms with Gasteiger partial charge >= 0.3 is 0 Å². The Morgan fingerprint density at radius 2 is 1.80 bits per heavy atom. The van der Waals surface area contributed by atoms with E-state index >= 15 is 0 Å². The summed E-state index contributed by atoms with van der Waals surface area (Å²) in [5.74, 6) is -0.290. The Labute approximate surface area is 253 Å². The van der Waals surface area contributed by atoms with Gasteiger partial charge in [0.25, 0.3) is 0 Å². The summed E-state index contributed by atoms with van der Waals surface area (Å²) in [7, 11) is -3.18. The molecule has 11 heteroatoms. The molecule has 0 aliphatic heterocycles. The standard InChI is InChI=1S/C33H31FN6O3S/c1-19(2)9-31(41)37-25-13-22(16-35-18-25)23-14-28-32(39-40-33(28)36-17-23)30-15-27-26(5-4-6-29(27)38-30)21-10-20(11-24(34)12-21)7-8-44(3,42)43/h4-6,10-19,38H,7-9H2,1-3H3,(H,37,41)(H,36,39,40). The summed E-state index contributed by atoms with van der Waals surface area (Å²) in [5.41, 5.74) is 7.21. The molecule has 6 aromatic rings. The number of carbonyl (C=O) groups is 1. The molecule has 6 rings (SSSR count). The fraction of sp³-hybridized carbons (Fsp3) is 0.212. The summed E-state index contributed by atoms with van der Waals surface area (Å²) in [6.07, 6.45) is 6.89. The molecular formula is C33H31FN6O3S. The number of halogens is 1. The zero-order chi connectivity index (χ0) is 31.0. The van der Waals surface area contributed by atoms with Crippen LogP contribution in [0.25, 0.3) is 55.6 Å². The Morgan fingerprint density at radius 3 is 2.59 bits per heavy atom. The van der Waals surface area contributed by atoms with Crippen LogP contribution in [0.15, 0.2) is 73.2 Å². The molecule has 4 aromatic heterocycles. The largest absolute Gasteiger partial charge is 0.353 e. The van der Waals surface area contributed by atoms with E-state index in [2.05, 4.69) is 30.5 Å². The van der Waals surface area contributed by atoms with Gasteiger partial charge in [0.2, 0.25) is 5.91 Å². The number of nitrogens with zero attached hydrogens (tertiary/aromatic N) is 3. The number of amides is 1. The zero-order valence-corrected chi connectivity index (χ0v) is 25.3. The quantitative estimate of drug-likeness (QED) is 0.170. The van der Waals surface area contributed by atoms with Gasteiger partial charge in [0.05, 0.1) is 29.0 Å². The van der Waals surface area contributed by atoms with E-state index < -0.39 is 15.7 Å². The van der Waals surface area contributed by atoms with Crippen molar-refractivity contribution in [3.63, 3.8) is 0 Å². The smallest absolute Gasteiger partial charge is 0.224 e. The third kappa shape index (κ3) is 6.37. The minimum atomic E-state index is -3.18. The Balaban J connectivity index is 1.36. The molecule has 0 aliphatic rings. The normalized spacial score (nSPS) is 11.9. The van der Waals surface area contributed by atoms with Gasteiger partial charge in [-0.3, -0.25) is 14.9 Å². The number of benzene rings is 2. The van der Waals surface area contributed by atoms with Gasteiger partial charge in [-0.2, -0.15) is 5.10 Å². The second-order valence-corrected chi connectivity index (χ2v) is 13.7. The lowest BCUT2D eigenvalue weighted by atomic mass is 9.98. The summed E-state index contributed by atoms with van der Waals surface area (Å²) in [5, 5.41) is 12.1. The van der Waals surface area contributed by atoms with Crippen molar-refractivity contribution in [2.24, 2.45) is 5.92 Å². The highest BCUT2D eigenvalue weighted by atomic mass is 32.2. The number of sulfone groups is 1. The Kier molecular flexibility index (Phi) is 7.73. The zero-order valence-electron chi connectivity index (χ0n) is 24.5. The van der Waals surface area contributed by atoms with Crippen molar-refractivity contribution in [3.05, 3.63) is 84.6 Å². The molecule has 0 radical (unpaired) electrons. The van der Waals surface area contributed by atoms with Crippen molar-refractivity contribution in [2.45, 2.75) is 26.7 Å². The molecule has 0 saturated carbocycles. The third-order valence-electron chi connectivity index (χ3n) is 7.32. The molecule has 0 aliphatic carbocycles. The summed E-state index contributed by atoms with van der Waals surface area (Å²) < 4.78 is 38.0. The fourth-order valence-electron chi connectivity index (χ4n) is 5.31. The van der Waals surface area contributed by atoms with Crippen molar-refractivity contribution in [1.29, 1.82) is 0 Å². The minimum absolute atomic E-state index is 0.0511. The second-order valence-electron chi connectivity index (χ2n) is 11.5. The number of hydrogen-bond acceptors (Lipinski definition) is 6.